The Kier molecular flexibility index (Phi) is 5.15. The van der Waals surface area contributed by atoms with Crippen LogP contribution in [0.25, 0.3) is 16.6 Å². The molecule has 7 heteroatoms. The predicted octanol–water partition coefficient (Wildman–Crippen LogP) is 3.39. The van der Waals surface area contributed by atoms with Crippen molar-refractivity contribution < 1.29 is 4.79 Å². The largest absolute Gasteiger partial charge is 0.352 e. The Morgan fingerprint density at radius 1 is 1.13 bits per heavy atom. The molecule has 2 aromatic carbocycles. The molecule has 7 nitrogen and oxygen atoms in total. The minimum absolute atomic E-state index is 0.135. The average Bonchev–Trinajstić information content (AvgIpc) is 3.52. The standard InChI is InChI=1S/C23H21N5O2/c1-3-4-13-23(26-27-23)14-15-24-21(29)17-9-11-18(12-10-17)28-16(2)25-20-8-6-5-7-19(20)22(28)30/h1,5-12H,4,13-15H2,2H3,(H,24,29). The van der Waals surface area contributed by atoms with Crippen LogP contribution >= 0.6 is 0 Å². The molecule has 0 fully saturated rings. The first-order chi connectivity index (χ1) is 14.5. The molecule has 0 saturated heterocycles. The number of rotatable bonds is 7. The second kappa shape index (κ2) is 7.91. The van der Waals surface area contributed by atoms with Crippen LogP contribution in [0.1, 0.15) is 35.4 Å². The van der Waals surface area contributed by atoms with Crippen LogP contribution in [0.2, 0.25) is 0 Å². The topological polar surface area (TPSA) is 88.7 Å². The molecule has 0 aliphatic carbocycles. The Morgan fingerprint density at radius 2 is 1.87 bits per heavy atom. The van der Waals surface area contributed by atoms with Gasteiger partial charge in [0, 0.05) is 31.4 Å². The highest BCUT2D eigenvalue weighted by atomic mass is 16.1. The van der Waals surface area contributed by atoms with Crippen molar-refractivity contribution in [3.8, 4) is 18.0 Å². The number of hydrogen-bond acceptors (Lipinski definition) is 5. The number of hydrogen-bond donors (Lipinski definition) is 1. The van der Waals surface area contributed by atoms with Crippen LogP contribution < -0.4 is 10.9 Å². The number of terminal acetylenes is 1. The van der Waals surface area contributed by atoms with Gasteiger partial charge >= 0.3 is 0 Å². The van der Waals surface area contributed by atoms with E-state index in [4.69, 9.17) is 6.42 Å². The summed E-state index contributed by atoms with van der Waals surface area (Å²) in [6.07, 6.45) is 7.25. The summed E-state index contributed by atoms with van der Waals surface area (Å²) in [5.74, 6) is 2.99. The zero-order valence-corrected chi connectivity index (χ0v) is 16.6. The number of para-hydroxylation sites is 1. The molecule has 0 bridgehead atoms. The molecular formula is C23H21N5O2. The van der Waals surface area contributed by atoms with Crippen molar-refractivity contribution in [1.82, 2.24) is 14.9 Å². The van der Waals surface area contributed by atoms with E-state index in [9.17, 15) is 9.59 Å². The van der Waals surface area contributed by atoms with Gasteiger partial charge in [-0.15, -0.1) is 12.3 Å². The van der Waals surface area contributed by atoms with Gasteiger partial charge in [0.05, 0.1) is 16.6 Å². The molecular weight excluding hydrogens is 378 g/mol. The number of aromatic nitrogens is 2. The van der Waals surface area contributed by atoms with E-state index in [2.05, 4.69) is 26.4 Å². The van der Waals surface area contributed by atoms with Crippen molar-refractivity contribution in [2.24, 2.45) is 10.2 Å². The maximum atomic E-state index is 12.9. The third-order valence-electron chi connectivity index (χ3n) is 5.19. The number of fused-ring (bicyclic) bond motifs is 1. The summed E-state index contributed by atoms with van der Waals surface area (Å²) in [4.78, 5) is 29.8. The summed E-state index contributed by atoms with van der Waals surface area (Å²) in [5.41, 5.74) is 1.30. The number of carbonyl (C=O) groups is 1. The highest BCUT2D eigenvalue weighted by Crippen LogP contribution is 2.36. The molecule has 150 valence electrons. The summed E-state index contributed by atoms with van der Waals surface area (Å²) >= 11 is 0. The van der Waals surface area contributed by atoms with E-state index in [-0.39, 0.29) is 11.5 Å². The monoisotopic (exact) mass is 399 g/mol. The normalized spacial score (nSPS) is 13.7. The summed E-state index contributed by atoms with van der Waals surface area (Å²) < 4.78 is 1.55. The van der Waals surface area contributed by atoms with Gasteiger partial charge < -0.3 is 5.32 Å². The smallest absolute Gasteiger partial charge is 0.265 e. The van der Waals surface area contributed by atoms with Crippen LogP contribution in [-0.2, 0) is 0 Å². The first-order valence-electron chi connectivity index (χ1n) is 9.78. The van der Waals surface area contributed by atoms with Crippen LogP contribution in [0.3, 0.4) is 0 Å². The van der Waals surface area contributed by atoms with E-state index in [0.717, 1.165) is 0 Å². The van der Waals surface area contributed by atoms with Crippen LogP contribution in [0.5, 0.6) is 0 Å². The van der Waals surface area contributed by atoms with E-state index >= 15 is 0 Å². The predicted molar refractivity (Wildman–Crippen MR) is 115 cm³/mol. The number of carbonyl (C=O) groups excluding carboxylic acids is 1. The second-order valence-electron chi connectivity index (χ2n) is 7.26. The van der Waals surface area contributed by atoms with Gasteiger partial charge in [0.15, 0.2) is 5.66 Å². The second-order valence-corrected chi connectivity index (χ2v) is 7.26. The maximum absolute atomic E-state index is 12.9. The van der Waals surface area contributed by atoms with Gasteiger partial charge in [-0.25, -0.2) is 4.98 Å². The van der Waals surface area contributed by atoms with Crippen LogP contribution in [-0.4, -0.2) is 27.7 Å². The molecule has 0 unspecified atom stereocenters. The highest BCUT2D eigenvalue weighted by Gasteiger charge is 2.38. The fraction of sp³-hybridized carbons (Fsp3) is 0.261. The van der Waals surface area contributed by atoms with Crippen molar-refractivity contribution in [1.29, 1.82) is 0 Å². The van der Waals surface area contributed by atoms with Crippen molar-refractivity contribution in [3.05, 3.63) is 70.3 Å². The first-order valence-corrected chi connectivity index (χ1v) is 9.78. The Hall–Kier alpha value is -3.79. The SMILES string of the molecule is C#CCCC1(CCNC(=O)c2ccc(-n3c(C)nc4ccccc4c3=O)cc2)N=N1. The van der Waals surface area contributed by atoms with Crippen LogP contribution in [0.15, 0.2) is 63.6 Å². The summed E-state index contributed by atoms with van der Waals surface area (Å²) in [5, 5.41) is 11.6. The quantitative estimate of drug-likeness (QED) is 0.618. The number of nitrogens with zero attached hydrogens (tertiary/aromatic N) is 4. The maximum Gasteiger partial charge on any atom is 0.265 e. The van der Waals surface area contributed by atoms with Gasteiger partial charge in [0.2, 0.25) is 0 Å². The average molecular weight is 399 g/mol. The van der Waals surface area contributed by atoms with Crippen molar-refractivity contribution in [3.63, 3.8) is 0 Å². The molecule has 0 saturated carbocycles. The molecule has 0 spiro atoms. The zero-order valence-electron chi connectivity index (χ0n) is 16.6. The molecule has 3 aromatic rings. The van der Waals surface area contributed by atoms with Gasteiger partial charge in [0.1, 0.15) is 5.82 Å². The molecule has 1 N–H and O–H groups in total. The van der Waals surface area contributed by atoms with E-state index in [0.29, 0.717) is 53.8 Å². The van der Waals surface area contributed by atoms with E-state index < -0.39 is 5.66 Å². The lowest BCUT2D eigenvalue weighted by atomic mass is 10.0. The van der Waals surface area contributed by atoms with E-state index in [1.165, 1.54) is 0 Å². The number of amides is 1. The van der Waals surface area contributed by atoms with Crippen LogP contribution in [0.4, 0.5) is 0 Å². The van der Waals surface area contributed by atoms with Crippen molar-refractivity contribution in [2.45, 2.75) is 31.8 Å². The summed E-state index contributed by atoms with van der Waals surface area (Å²) in [7, 11) is 0. The van der Waals surface area contributed by atoms with Crippen molar-refractivity contribution >= 4 is 16.8 Å². The van der Waals surface area contributed by atoms with Gasteiger partial charge in [0.25, 0.3) is 11.5 Å². The Balaban J connectivity index is 1.46. The Bertz CT molecular complexity index is 1230. The zero-order chi connectivity index (χ0) is 21.1. The minimum atomic E-state index is -0.411. The molecule has 0 radical (unpaired) electrons. The lowest BCUT2D eigenvalue weighted by Crippen LogP contribution is -2.28. The number of nitrogens with one attached hydrogen (secondary N) is 1. The number of aryl methyl sites for hydroxylation is 1. The molecule has 0 atom stereocenters. The van der Waals surface area contributed by atoms with E-state index in [1.54, 1.807) is 41.8 Å². The third-order valence-corrected chi connectivity index (χ3v) is 5.19. The molecule has 2 heterocycles. The fourth-order valence-corrected chi connectivity index (χ4v) is 3.46. The molecule has 1 aliphatic heterocycles. The summed E-state index contributed by atoms with van der Waals surface area (Å²) in [6, 6.07) is 14.2. The van der Waals surface area contributed by atoms with Gasteiger partial charge in [-0.2, -0.15) is 10.2 Å². The molecule has 1 aliphatic rings. The van der Waals surface area contributed by atoms with Gasteiger partial charge in [-0.1, -0.05) is 12.1 Å². The lowest BCUT2D eigenvalue weighted by molar-refractivity contribution is 0.0952. The van der Waals surface area contributed by atoms with Gasteiger partial charge in [-0.05, 0) is 43.3 Å². The minimum Gasteiger partial charge on any atom is -0.352 e. The third kappa shape index (κ3) is 3.85. The van der Waals surface area contributed by atoms with E-state index in [1.807, 2.05) is 18.2 Å². The Morgan fingerprint density at radius 3 is 2.57 bits per heavy atom. The lowest BCUT2D eigenvalue weighted by Gasteiger charge is -2.12. The molecule has 4 rings (SSSR count). The highest BCUT2D eigenvalue weighted by molar-refractivity contribution is 5.94. The molecule has 1 amide bonds. The molecule has 1 aromatic heterocycles. The summed E-state index contributed by atoms with van der Waals surface area (Å²) in [6.45, 7) is 2.25. The molecule has 30 heavy (non-hydrogen) atoms. The number of benzene rings is 2. The van der Waals surface area contributed by atoms with Crippen molar-refractivity contribution in [2.75, 3.05) is 6.54 Å². The fourth-order valence-electron chi connectivity index (χ4n) is 3.46. The van der Waals surface area contributed by atoms with Crippen LogP contribution in [0, 0.1) is 19.3 Å². The Labute approximate surface area is 173 Å². The van der Waals surface area contributed by atoms with Gasteiger partial charge in [-0.3, -0.25) is 14.2 Å². The first kappa shape index (κ1) is 19.5.